The van der Waals surface area contributed by atoms with E-state index < -0.39 is 15.6 Å². The maximum atomic E-state index is 12.9. The van der Waals surface area contributed by atoms with Crippen molar-refractivity contribution < 1.29 is 8.42 Å². The Morgan fingerprint density at radius 2 is 1.86 bits per heavy atom. The molecule has 0 spiro atoms. The molecule has 1 aromatic carbocycles. The molecule has 0 radical (unpaired) electrons. The molecule has 2 rings (SSSR count). The van der Waals surface area contributed by atoms with Gasteiger partial charge in [-0.1, -0.05) is 32.0 Å². The molecule has 0 saturated carbocycles. The van der Waals surface area contributed by atoms with E-state index in [1.165, 1.54) is 11.3 Å². The van der Waals surface area contributed by atoms with Crippen molar-refractivity contribution in [3.8, 4) is 0 Å². The SMILES string of the molecule is CCC(C)(CC)NS(=O)(=O)c1c(CN)sc2ccccc12. The van der Waals surface area contributed by atoms with Gasteiger partial charge in [0, 0.05) is 27.0 Å². The van der Waals surface area contributed by atoms with Crippen molar-refractivity contribution in [1.29, 1.82) is 0 Å². The fraction of sp³-hybridized carbons (Fsp3) is 0.467. The van der Waals surface area contributed by atoms with Crippen molar-refractivity contribution >= 4 is 31.4 Å². The van der Waals surface area contributed by atoms with Gasteiger partial charge < -0.3 is 5.73 Å². The molecule has 0 aliphatic carbocycles. The summed E-state index contributed by atoms with van der Waals surface area (Å²) in [6.07, 6.45) is 1.48. The average molecular weight is 326 g/mol. The van der Waals surface area contributed by atoms with E-state index in [1.807, 2.05) is 45.0 Å². The van der Waals surface area contributed by atoms with Crippen LogP contribution in [0.2, 0.25) is 0 Å². The lowest BCUT2D eigenvalue weighted by atomic mass is 9.98. The molecule has 0 bridgehead atoms. The summed E-state index contributed by atoms with van der Waals surface area (Å²) in [5.41, 5.74) is 5.32. The van der Waals surface area contributed by atoms with Crippen molar-refractivity contribution in [2.45, 2.75) is 50.6 Å². The summed E-state index contributed by atoms with van der Waals surface area (Å²) in [5, 5.41) is 0.755. The van der Waals surface area contributed by atoms with Gasteiger partial charge in [-0.2, -0.15) is 0 Å². The zero-order valence-electron chi connectivity index (χ0n) is 12.6. The van der Waals surface area contributed by atoms with Gasteiger partial charge in [-0.05, 0) is 25.8 Å². The van der Waals surface area contributed by atoms with Crippen LogP contribution in [0.25, 0.3) is 10.1 Å². The zero-order chi connectivity index (χ0) is 15.7. The number of nitrogens with one attached hydrogen (secondary N) is 1. The highest BCUT2D eigenvalue weighted by Crippen LogP contribution is 2.35. The van der Waals surface area contributed by atoms with Crippen molar-refractivity contribution in [2.24, 2.45) is 5.73 Å². The van der Waals surface area contributed by atoms with Crippen LogP contribution in [-0.4, -0.2) is 14.0 Å². The Morgan fingerprint density at radius 3 is 2.43 bits per heavy atom. The fourth-order valence-electron chi connectivity index (χ4n) is 2.27. The van der Waals surface area contributed by atoms with Gasteiger partial charge in [0.25, 0.3) is 0 Å². The van der Waals surface area contributed by atoms with Gasteiger partial charge in [-0.25, -0.2) is 13.1 Å². The minimum atomic E-state index is -3.59. The highest BCUT2D eigenvalue weighted by molar-refractivity contribution is 7.90. The van der Waals surface area contributed by atoms with E-state index in [0.29, 0.717) is 9.77 Å². The summed E-state index contributed by atoms with van der Waals surface area (Å²) in [6.45, 7) is 6.13. The van der Waals surface area contributed by atoms with Crippen LogP contribution >= 0.6 is 11.3 Å². The second-order valence-electron chi connectivity index (χ2n) is 5.43. The minimum Gasteiger partial charge on any atom is -0.326 e. The largest absolute Gasteiger partial charge is 0.326 e. The summed E-state index contributed by atoms with van der Waals surface area (Å²) >= 11 is 1.45. The molecule has 0 aliphatic heterocycles. The lowest BCUT2D eigenvalue weighted by Crippen LogP contribution is -2.45. The molecule has 0 aliphatic rings. The van der Waals surface area contributed by atoms with Gasteiger partial charge in [0.1, 0.15) is 4.90 Å². The Bertz CT molecular complexity index is 731. The Balaban J connectivity index is 2.59. The first-order valence-electron chi connectivity index (χ1n) is 7.11. The van der Waals surface area contributed by atoms with Crippen molar-refractivity contribution in [2.75, 3.05) is 0 Å². The van der Waals surface area contributed by atoms with Gasteiger partial charge in [0.15, 0.2) is 0 Å². The number of nitrogens with two attached hydrogens (primary N) is 1. The molecule has 6 heteroatoms. The van der Waals surface area contributed by atoms with Gasteiger partial charge in [0.05, 0.1) is 0 Å². The molecule has 2 aromatic rings. The third-order valence-electron chi connectivity index (χ3n) is 4.01. The molecule has 0 saturated heterocycles. The van der Waals surface area contributed by atoms with Crippen molar-refractivity contribution in [3.63, 3.8) is 0 Å². The number of benzene rings is 1. The summed E-state index contributed by atoms with van der Waals surface area (Å²) in [7, 11) is -3.59. The van der Waals surface area contributed by atoms with E-state index in [-0.39, 0.29) is 6.54 Å². The smallest absolute Gasteiger partial charge is 0.242 e. The third kappa shape index (κ3) is 3.13. The van der Waals surface area contributed by atoms with Crippen LogP contribution in [0.15, 0.2) is 29.2 Å². The van der Waals surface area contributed by atoms with Crippen LogP contribution in [0.5, 0.6) is 0 Å². The van der Waals surface area contributed by atoms with Crippen molar-refractivity contribution in [3.05, 3.63) is 29.1 Å². The molecule has 1 aromatic heterocycles. The third-order valence-corrected chi connectivity index (χ3v) is 7.10. The summed E-state index contributed by atoms with van der Waals surface area (Å²) in [6, 6.07) is 7.53. The minimum absolute atomic E-state index is 0.227. The van der Waals surface area contributed by atoms with E-state index in [1.54, 1.807) is 0 Å². The molecule has 1 heterocycles. The Labute approximate surface area is 130 Å². The van der Waals surface area contributed by atoms with E-state index in [9.17, 15) is 8.42 Å². The quantitative estimate of drug-likeness (QED) is 0.856. The van der Waals surface area contributed by atoms with Gasteiger partial charge in [-0.3, -0.25) is 0 Å². The van der Waals surface area contributed by atoms with Crippen LogP contribution in [0.4, 0.5) is 0 Å². The lowest BCUT2D eigenvalue weighted by molar-refractivity contribution is 0.389. The first-order chi connectivity index (χ1) is 9.87. The monoisotopic (exact) mass is 326 g/mol. The molecule has 0 amide bonds. The molecule has 0 atom stereocenters. The Hall–Kier alpha value is -0.950. The standard InChI is InChI=1S/C15H22N2O2S2/c1-4-15(3,5-2)17-21(18,19)14-11-8-6-7-9-12(11)20-13(14)10-16/h6-9,17H,4-5,10,16H2,1-3H3. The molecule has 0 unspecified atom stereocenters. The van der Waals surface area contributed by atoms with Crippen LogP contribution < -0.4 is 10.5 Å². The number of hydrogen-bond donors (Lipinski definition) is 2. The average Bonchev–Trinajstić information content (AvgIpc) is 2.86. The summed E-state index contributed by atoms with van der Waals surface area (Å²) in [4.78, 5) is 1.05. The molecular weight excluding hydrogens is 304 g/mol. The van der Waals surface area contributed by atoms with Crippen LogP contribution in [0.3, 0.4) is 0 Å². The van der Waals surface area contributed by atoms with E-state index in [2.05, 4.69) is 4.72 Å². The summed E-state index contributed by atoms with van der Waals surface area (Å²) in [5.74, 6) is 0. The predicted octanol–water partition coefficient (Wildman–Crippen LogP) is 3.22. The molecule has 116 valence electrons. The molecule has 0 fully saturated rings. The maximum absolute atomic E-state index is 12.9. The second kappa shape index (κ2) is 6.04. The predicted molar refractivity (Wildman–Crippen MR) is 89.0 cm³/mol. The number of hydrogen-bond acceptors (Lipinski definition) is 4. The van der Waals surface area contributed by atoms with Gasteiger partial charge >= 0.3 is 0 Å². The lowest BCUT2D eigenvalue weighted by Gasteiger charge is -2.28. The summed E-state index contributed by atoms with van der Waals surface area (Å²) < 4.78 is 29.5. The molecular formula is C15H22N2O2S2. The molecule has 3 N–H and O–H groups in total. The van der Waals surface area contributed by atoms with Crippen LogP contribution in [0.1, 0.15) is 38.5 Å². The fourth-order valence-corrected chi connectivity index (χ4v) is 5.66. The topological polar surface area (TPSA) is 72.2 Å². The van der Waals surface area contributed by atoms with Gasteiger partial charge in [0.2, 0.25) is 10.0 Å². The zero-order valence-corrected chi connectivity index (χ0v) is 14.3. The van der Waals surface area contributed by atoms with Crippen LogP contribution in [-0.2, 0) is 16.6 Å². The first kappa shape index (κ1) is 16.4. The van der Waals surface area contributed by atoms with E-state index in [4.69, 9.17) is 5.73 Å². The van der Waals surface area contributed by atoms with Crippen LogP contribution in [0, 0.1) is 0 Å². The molecule has 21 heavy (non-hydrogen) atoms. The Morgan fingerprint density at radius 1 is 1.24 bits per heavy atom. The highest BCUT2D eigenvalue weighted by atomic mass is 32.2. The maximum Gasteiger partial charge on any atom is 0.242 e. The number of thiophene rings is 1. The molecule has 4 nitrogen and oxygen atoms in total. The van der Waals surface area contributed by atoms with E-state index in [0.717, 1.165) is 22.9 Å². The van der Waals surface area contributed by atoms with E-state index >= 15 is 0 Å². The first-order valence-corrected chi connectivity index (χ1v) is 9.41. The van der Waals surface area contributed by atoms with Crippen molar-refractivity contribution in [1.82, 2.24) is 4.72 Å². The number of rotatable bonds is 6. The Kier molecular flexibility index (Phi) is 4.72. The number of fused-ring (bicyclic) bond motifs is 1. The highest BCUT2D eigenvalue weighted by Gasteiger charge is 2.31. The normalized spacial score (nSPS) is 13.0. The van der Waals surface area contributed by atoms with Gasteiger partial charge in [-0.15, -0.1) is 11.3 Å². The second-order valence-corrected chi connectivity index (χ2v) is 8.18. The number of sulfonamides is 1.